The van der Waals surface area contributed by atoms with E-state index in [1.807, 2.05) is 12.1 Å². The van der Waals surface area contributed by atoms with Gasteiger partial charge >= 0.3 is 0 Å². The maximum atomic E-state index is 11.7. The summed E-state index contributed by atoms with van der Waals surface area (Å²) in [6.07, 6.45) is 2.89. The van der Waals surface area contributed by atoms with Gasteiger partial charge in [0.15, 0.2) is 0 Å². The topological polar surface area (TPSA) is 20.3 Å². The van der Waals surface area contributed by atoms with Crippen LogP contribution < -0.4 is 0 Å². The summed E-state index contributed by atoms with van der Waals surface area (Å²) in [5.74, 6) is 0.676. The lowest BCUT2D eigenvalue weighted by atomic mass is 10.0. The number of hydrogen-bond acceptors (Lipinski definition) is 2. The molecule has 2 atom stereocenters. The average molecular weight is 266 g/mol. The van der Waals surface area contributed by atoms with Crippen LogP contribution in [0.3, 0.4) is 0 Å². The maximum absolute atomic E-state index is 11.7. The summed E-state index contributed by atoms with van der Waals surface area (Å²) in [6.45, 7) is 3.03. The van der Waals surface area contributed by atoms with Crippen LogP contribution in [0, 0.1) is 5.92 Å². The van der Waals surface area contributed by atoms with E-state index in [0.717, 1.165) is 30.8 Å². The summed E-state index contributed by atoms with van der Waals surface area (Å²) in [5, 5.41) is 0.763. The predicted octanol–water partition coefficient (Wildman–Crippen LogP) is 3.70. The van der Waals surface area contributed by atoms with Gasteiger partial charge in [-0.25, -0.2) is 0 Å². The summed E-state index contributed by atoms with van der Waals surface area (Å²) in [7, 11) is 2.09. The Morgan fingerprint density at radius 2 is 2.06 bits per heavy atom. The SMILES string of the molecule is CC(c1ccc(Cl)cc1)N(C)CC1CCCC1=O. The van der Waals surface area contributed by atoms with Gasteiger partial charge in [0, 0.05) is 29.9 Å². The van der Waals surface area contributed by atoms with Gasteiger partial charge in [0.1, 0.15) is 5.78 Å². The van der Waals surface area contributed by atoms with Gasteiger partial charge < -0.3 is 0 Å². The van der Waals surface area contributed by atoms with Crippen LogP contribution in [0.25, 0.3) is 0 Å². The minimum Gasteiger partial charge on any atom is -0.299 e. The van der Waals surface area contributed by atoms with E-state index in [-0.39, 0.29) is 5.92 Å². The molecule has 1 aliphatic carbocycles. The Kier molecular flexibility index (Phi) is 4.41. The fraction of sp³-hybridized carbons (Fsp3) is 0.533. The van der Waals surface area contributed by atoms with Gasteiger partial charge in [-0.1, -0.05) is 23.7 Å². The first-order valence-electron chi connectivity index (χ1n) is 6.56. The number of Topliss-reactive ketones (excluding diaryl/α,β-unsaturated/α-hetero) is 1. The van der Waals surface area contributed by atoms with Crippen LogP contribution >= 0.6 is 11.6 Å². The van der Waals surface area contributed by atoms with Crippen LogP contribution in [0.4, 0.5) is 0 Å². The first kappa shape index (κ1) is 13.6. The fourth-order valence-corrected chi connectivity index (χ4v) is 2.71. The van der Waals surface area contributed by atoms with E-state index in [2.05, 4.69) is 31.0 Å². The number of rotatable bonds is 4. The van der Waals surface area contributed by atoms with E-state index < -0.39 is 0 Å². The number of hydrogen-bond donors (Lipinski definition) is 0. The molecule has 0 spiro atoms. The largest absolute Gasteiger partial charge is 0.299 e. The quantitative estimate of drug-likeness (QED) is 0.827. The molecule has 2 nitrogen and oxygen atoms in total. The van der Waals surface area contributed by atoms with Crippen LogP contribution in [0.5, 0.6) is 0 Å². The van der Waals surface area contributed by atoms with Gasteiger partial charge in [-0.15, -0.1) is 0 Å². The molecule has 0 bridgehead atoms. The minimum absolute atomic E-state index is 0.241. The highest BCUT2D eigenvalue weighted by atomic mass is 35.5. The molecule has 18 heavy (non-hydrogen) atoms. The number of carbonyl (C=O) groups is 1. The Hall–Kier alpha value is -0.860. The zero-order valence-electron chi connectivity index (χ0n) is 11.0. The number of nitrogens with zero attached hydrogens (tertiary/aromatic N) is 1. The summed E-state index contributed by atoms with van der Waals surface area (Å²) in [5.41, 5.74) is 1.24. The van der Waals surface area contributed by atoms with Crippen molar-refractivity contribution in [2.75, 3.05) is 13.6 Å². The van der Waals surface area contributed by atoms with Crippen LogP contribution in [0.1, 0.15) is 37.8 Å². The number of benzene rings is 1. The lowest BCUT2D eigenvalue weighted by Crippen LogP contribution is -2.30. The summed E-state index contributed by atoms with van der Waals surface area (Å²) >= 11 is 5.89. The standard InChI is InChI=1S/C15H20ClNO/c1-11(12-6-8-14(16)9-7-12)17(2)10-13-4-3-5-15(13)18/h6-9,11,13H,3-5,10H2,1-2H3. The molecule has 0 amide bonds. The van der Waals surface area contributed by atoms with Crippen molar-refractivity contribution >= 4 is 17.4 Å². The van der Waals surface area contributed by atoms with Crippen LogP contribution in [-0.4, -0.2) is 24.3 Å². The summed E-state index contributed by atoms with van der Waals surface area (Å²) in [6, 6.07) is 8.26. The molecule has 3 heteroatoms. The van der Waals surface area contributed by atoms with Crippen molar-refractivity contribution in [3.05, 3.63) is 34.9 Å². The summed E-state index contributed by atoms with van der Waals surface area (Å²) in [4.78, 5) is 13.9. The van der Waals surface area contributed by atoms with Crippen molar-refractivity contribution in [1.82, 2.24) is 4.90 Å². The molecule has 0 aromatic heterocycles. The van der Waals surface area contributed by atoms with Crippen molar-refractivity contribution in [3.8, 4) is 0 Å². The second kappa shape index (κ2) is 5.85. The molecule has 1 saturated carbocycles. The zero-order chi connectivity index (χ0) is 13.1. The lowest BCUT2D eigenvalue weighted by molar-refractivity contribution is -0.121. The van der Waals surface area contributed by atoms with E-state index in [1.165, 1.54) is 5.56 Å². The van der Waals surface area contributed by atoms with E-state index in [0.29, 0.717) is 11.8 Å². The van der Waals surface area contributed by atoms with Gasteiger partial charge in [-0.05, 0) is 44.5 Å². The van der Waals surface area contributed by atoms with Gasteiger partial charge in [-0.3, -0.25) is 9.69 Å². The Morgan fingerprint density at radius 1 is 1.39 bits per heavy atom. The van der Waals surface area contributed by atoms with Crippen LogP contribution in [0.2, 0.25) is 5.02 Å². The second-order valence-electron chi connectivity index (χ2n) is 5.22. The third kappa shape index (κ3) is 3.12. The molecule has 0 saturated heterocycles. The Labute approximate surface area is 114 Å². The number of ketones is 1. The molecule has 2 rings (SSSR count). The zero-order valence-corrected chi connectivity index (χ0v) is 11.8. The fourth-order valence-electron chi connectivity index (χ4n) is 2.58. The van der Waals surface area contributed by atoms with Gasteiger partial charge in [-0.2, -0.15) is 0 Å². The van der Waals surface area contributed by atoms with Crippen molar-refractivity contribution in [3.63, 3.8) is 0 Å². The average Bonchev–Trinajstić information content (AvgIpc) is 2.75. The van der Waals surface area contributed by atoms with E-state index in [9.17, 15) is 4.79 Å². The molecule has 1 aliphatic rings. The van der Waals surface area contributed by atoms with Crippen LogP contribution in [-0.2, 0) is 4.79 Å². The highest BCUT2D eigenvalue weighted by Crippen LogP contribution is 2.26. The van der Waals surface area contributed by atoms with Crippen molar-refractivity contribution in [1.29, 1.82) is 0 Å². The Bertz CT molecular complexity index is 415. The lowest BCUT2D eigenvalue weighted by Gasteiger charge is -2.27. The molecule has 0 N–H and O–H groups in total. The molecule has 1 aromatic rings. The molecule has 1 fully saturated rings. The van der Waals surface area contributed by atoms with Crippen molar-refractivity contribution in [2.45, 2.75) is 32.2 Å². The third-order valence-corrected chi connectivity index (χ3v) is 4.21. The predicted molar refractivity (Wildman–Crippen MR) is 74.8 cm³/mol. The molecule has 98 valence electrons. The first-order valence-corrected chi connectivity index (χ1v) is 6.94. The van der Waals surface area contributed by atoms with Gasteiger partial charge in [0.2, 0.25) is 0 Å². The highest BCUT2D eigenvalue weighted by molar-refractivity contribution is 6.30. The molecular weight excluding hydrogens is 246 g/mol. The molecule has 0 heterocycles. The smallest absolute Gasteiger partial charge is 0.137 e. The maximum Gasteiger partial charge on any atom is 0.137 e. The summed E-state index contributed by atoms with van der Waals surface area (Å²) < 4.78 is 0. The molecular formula is C15H20ClNO. The highest BCUT2D eigenvalue weighted by Gasteiger charge is 2.26. The van der Waals surface area contributed by atoms with Crippen molar-refractivity contribution in [2.24, 2.45) is 5.92 Å². The number of halogens is 1. The number of carbonyl (C=O) groups excluding carboxylic acids is 1. The van der Waals surface area contributed by atoms with E-state index >= 15 is 0 Å². The molecule has 0 radical (unpaired) electrons. The normalized spacial score (nSPS) is 21.6. The van der Waals surface area contributed by atoms with E-state index in [4.69, 9.17) is 11.6 Å². The van der Waals surface area contributed by atoms with E-state index in [1.54, 1.807) is 0 Å². The Balaban J connectivity index is 1.97. The monoisotopic (exact) mass is 265 g/mol. The second-order valence-corrected chi connectivity index (χ2v) is 5.66. The van der Waals surface area contributed by atoms with Crippen LogP contribution in [0.15, 0.2) is 24.3 Å². The molecule has 2 unspecified atom stereocenters. The van der Waals surface area contributed by atoms with Crippen molar-refractivity contribution < 1.29 is 4.79 Å². The first-order chi connectivity index (χ1) is 8.58. The third-order valence-electron chi connectivity index (χ3n) is 3.95. The van der Waals surface area contributed by atoms with Gasteiger partial charge in [0.25, 0.3) is 0 Å². The Morgan fingerprint density at radius 3 is 2.61 bits per heavy atom. The molecule has 1 aromatic carbocycles. The van der Waals surface area contributed by atoms with Gasteiger partial charge in [0.05, 0.1) is 0 Å². The minimum atomic E-state index is 0.241. The molecule has 0 aliphatic heterocycles.